The lowest BCUT2D eigenvalue weighted by molar-refractivity contribution is -0.119. The van der Waals surface area contributed by atoms with Crippen molar-refractivity contribution in [2.45, 2.75) is 36.4 Å². The molecule has 2 N–H and O–H groups in total. The van der Waals surface area contributed by atoms with Crippen LogP contribution in [0.4, 0.5) is 9.59 Å². The van der Waals surface area contributed by atoms with Crippen LogP contribution >= 0.6 is 23.5 Å². The molecule has 0 spiro atoms. The number of imide groups is 2. The third-order valence-electron chi connectivity index (χ3n) is 9.95. The molecular formula is C47H41N5O7S2. The molecule has 2 unspecified atom stereocenters. The molecule has 2 aliphatic rings. The van der Waals surface area contributed by atoms with E-state index in [1.54, 1.807) is 60.4 Å². The van der Waals surface area contributed by atoms with Crippen LogP contribution in [0.25, 0.3) is 22.3 Å². The maximum Gasteiger partial charge on any atom is 0.289 e. The number of nitrogens with one attached hydrogen (secondary N) is 2. The number of hydrogen-bond acceptors (Lipinski definition) is 10. The number of nitrogens with zero attached hydrogens (tertiary/aromatic N) is 3. The molecular weight excluding hydrogens is 811 g/mol. The largest absolute Gasteiger partial charge is 0.459 e. The lowest BCUT2D eigenvalue weighted by Gasteiger charge is -2.17. The van der Waals surface area contributed by atoms with Crippen LogP contribution in [-0.4, -0.2) is 73.5 Å². The summed E-state index contributed by atoms with van der Waals surface area (Å²) >= 11 is 2.08. The molecule has 6 aromatic rings. The van der Waals surface area contributed by atoms with Gasteiger partial charge in [-0.1, -0.05) is 115 Å². The number of furan rings is 1. The van der Waals surface area contributed by atoms with Gasteiger partial charge < -0.3 is 14.2 Å². The van der Waals surface area contributed by atoms with Crippen molar-refractivity contribution in [2.75, 3.05) is 14.1 Å². The van der Waals surface area contributed by atoms with Crippen molar-refractivity contribution < 1.29 is 33.2 Å². The maximum atomic E-state index is 12.5. The van der Waals surface area contributed by atoms with Crippen molar-refractivity contribution in [1.82, 2.24) is 25.4 Å². The molecule has 61 heavy (non-hydrogen) atoms. The Labute approximate surface area is 361 Å². The van der Waals surface area contributed by atoms with Crippen LogP contribution in [0.5, 0.6) is 0 Å². The number of aromatic nitrogens is 1. The number of carbonyl (C=O) groups is 6. The highest BCUT2D eigenvalue weighted by Gasteiger charge is 2.32. The first-order chi connectivity index (χ1) is 29.5. The Hall–Kier alpha value is -6.77. The summed E-state index contributed by atoms with van der Waals surface area (Å²) in [6.07, 6.45) is 4.13. The predicted octanol–water partition coefficient (Wildman–Crippen LogP) is 8.03. The van der Waals surface area contributed by atoms with E-state index in [0.717, 1.165) is 68.0 Å². The van der Waals surface area contributed by atoms with Gasteiger partial charge in [-0.3, -0.25) is 44.4 Å². The summed E-state index contributed by atoms with van der Waals surface area (Å²) in [6, 6.07) is 40.7. The number of rotatable bonds is 12. The van der Waals surface area contributed by atoms with Crippen LogP contribution in [0.3, 0.4) is 0 Å². The van der Waals surface area contributed by atoms with Gasteiger partial charge in [0.25, 0.3) is 22.3 Å². The van der Waals surface area contributed by atoms with Gasteiger partial charge in [0.05, 0.1) is 16.8 Å². The molecule has 308 valence electrons. The average Bonchev–Trinajstić information content (AvgIpc) is 4.01. The number of benzene rings is 4. The number of amides is 6. The fourth-order valence-electron chi connectivity index (χ4n) is 6.81. The van der Waals surface area contributed by atoms with Crippen molar-refractivity contribution in [3.63, 3.8) is 0 Å². The molecule has 4 heterocycles. The second kappa shape index (κ2) is 19.5. The van der Waals surface area contributed by atoms with Gasteiger partial charge in [-0.2, -0.15) is 0 Å². The van der Waals surface area contributed by atoms with Gasteiger partial charge >= 0.3 is 0 Å². The minimum atomic E-state index is -0.367. The summed E-state index contributed by atoms with van der Waals surface area (Å²) in [5.74, 6) is -0.420. The Morgan fingerprint density at radius 3 is 1.51 bits per heavy atom. The summed E-state index contributed by atoms with van der Waals surface area (Å²) in [5, 5.41) is 3.33. The summed E-state index contributed by atoms with van der Waals surface area (Å²) < 4.78 is 5.18. The molecule has 0 saturated carbocycles. The molecule has 8 rings (SSSR count). The van der Waals surface area contributed by atoms with Crippen LogP contribution in [0.15, 0.2) is 144 Å². The number of thioether (sulfide) groups is 2. The second-order valence-electron chi connectivity index (χ2n) is 14.5. The fourth-order valence-corrected chi connectivity index (χ4v) is 8.53. The molecule has 14 heteroatoms. The Bertz CT molecular complexity index is 2550. The standard InChI is InChI=1S/C24H21N3O3S.C23H20N2O4S/c1-27(23(29)20-7-2-3-12-25-20)15-17-5-4-6-19(13-17)18-10-8-16(9-11-18)14-21-22(28)26-24(30)31-21;1-25(22(27)19-6-3-11-29-19)14-16-4-2-5-18(12-16)17-9-7-15(8-10-17)13-20-21(26)24-23(28)30-20/h2-13,21H,14-15H2,1H3,(H,26,28,30);2-12,20H,13-14H2,1H3,(H,24,26,28). The first-order valence-corrected chi connectivity index (χ1v) is 21.1. The molecule has 0 aliphatic carbocycles. The Balaban J connectivity index is 0.000000184. The summed E-state index contributed by atoms with van der Waals surface area (Å²) in [5.41, 5.74) is 8.63. The zero-order valence-corrected chi connectivity index (χ0v) is 34.9. The van der Waals surface area contributed by atoms with Crippen molar-refractivity contribution in [3.05, 3.63) is 174 Å². The van der Waals surface area contributed by atoms with E-state index in [-0.39, 0.29) is 44.6 Å². The number of pyridine rings is 1. The monoisotopic (exact) mass is 851 g/mol. The quantitative estimate of drug-likeness (QED) is 0.124. The Kier molecular flexibility index (Phi) is 13.6. The van der Waals surface area contributed by atoms with Gasteiger partial charge in [0.15, 0.2) is 5.76 Å². The van der Waals surface area contributed by atoms with E-state index in [2.05, 4.69) is 27.8 Å². The topological polar surface area (TPSA) is 159 Å². The first-order valence-electron chi connectivity index (χ1n) is 19.3. The van der Waals surface area contributed by atoms with E-state index in [1.807, 2.05) is 84.9 Å². The van der Waals surface area contributed by atoms with Crippen molar-refractivity contribution in [3.8, 4) is 22.3 Å². The highest BCUT2D eigenvalue weighted by molar-refractivity contribution is 8.15. The molecule has 2 atom stereocenters. The SMILES string of the molecule is CN(Cc1cccc(-c2ccc(CC3SC(=O)NC3=O)cc2)c1)C(=O)c1ccccn1.CN(Cc1cccc(-c2ccc(CC3SC(=O)NC3=O)cc2)c1)C(=O)c1ccco1. The maximum absolute atomic E-state index is 12.5. The molecule has 2 fully saturated rings. The Morgan fingerprint density at radius 2 is 1.08 bits per heavy atom. The van der Waals surface area contributed by atoms with Crippen molar-refractivity contribution in [1.29, 1.82) is 0 Å². The molecule has 2 aliphatic heterocycles. The van der Waals surface area contributed by atoms with Crippen LogP contribution < -0.4 is 10.6 Å². The Morgan fingerprint density at radius 1 is 0.574 bits per heavy atom. The lowest BCUT2D eigenvalue weighted by atomic mass is 10.00. The van der Waals surface area contributed by atoms with Gasteiger partial charge in [-0.15, -0.1) is 0 Å². The zero-order valence-electron chi connectivity index (χ0n) is 33.3. The summed E-state index contributed by atoms with van der Waals surface area (Å²) in [7, 11) is 3.51. The van der Waals surface area contributed by atoms with E-state index in [4.69, 9.17) is 4.42 Å². The minimum Gasteiger partial charge on any atom is -0.459 e. The van der Waals surface area contributed by atoms with E-state index in [9.17, 15) is 28.8 Å². The van der Waals surface area contributed by atoms with Gasteiger partial charge in [-0.05, 0) is 93.7 Å². The van der Waals surface area contributed by atoms with E-state index in [1.165, 1.54) is 6.26 Å². The van der Waals surface area contributed by atoms with E-state index < -0.39 is 0 Å². The molecule has 0 radical (unpaired) electrons. The van der Waals surface area contributed by atoms with Gasteiger partial charge in [0.2, 0.25) is 11.8 Å². The molecule has 6 amide bonds. The molecule has 2 aromatic heterocycles. The molecule has 12 nitrogen and oxygen atoms in total. The molecule has 0 bridgehead atoms. The normalized spacial score (nSPS) is 15.7. The number of carbonyl (C=O) groups excluding carboxylic acids is 6. The van der Waals surface area contributed by atoms with Gasteiger partial charge in [0.1, 0.15) is 5.69 Å². The zero-order chi connectivity index (χ0) is 42.9. The lowest BCUT2D eigenvalue weighted by Crippen LogP contribution is -2.26. The van der Waals surface area contributed by atoms with E-state index >= 15 is 0 Å². The van der Waals surface area contributed by atoms with E-state index in [0.29, 0.717) is 37.4 Å². The van der Waals surface area contributed by atoms with Crippen LogP contribution in [0.2, 0.25) is 0 Å². The fraction of sp³-hybridized carbons (Fsp3) is 0.170. The third-order valence-corrected chi connectivity index (χ3v) is 11.9. The highest BCUT2D eigenvalue weighted by Crippen LogP contribution is 2.28. The van der Waals surface area contributed by atoms with Crippen molar-refractivity contribution >= 4 is 57.6 Å². The summed E-state index contributed by atoms with van der Waals surface area (Å²) in [6.45, 7) is 0.941. The predicted molar refractivity (Wildman–Crippen MR) is 236 cm³/mol. The van der Waals surface area contributed by atoms with Crippen molar-refractivity contribution in [2.24, 2.45) is 0 Å². The minimum absolute atomic E-state index is 0.123. The summed E-state index contributed by atoms with van der Waals surface area (Å²) in [4.78, 5) is 78.4. The third kappa shape index (κ3) is 11.1. The van der Waals surface area contributed by atoms with Crippen LogP contribution in [0, 0.1) is 0 Å². The highest BCUT2D eigenvalue weighted by atomic mass is 32.2. The molecule has 4 aromatic carbocycles. The number of hydrogen-bond donors (Lipinski definition) is 2. The average molecular weight is 852 g/mol. The smallest absolute Gasteiger partial charge is 0.289 e. The second-order valence-corrected chi connectivity index (χ2v) is 16.8. The van der Waals surface area contributed by atoms with Gasteiger partial charge in [0, 0.05) is 33.4 Å². The first kappa shape index (κ1) is 42.4. The van der Waals surface area contributed by atoms with Gasteiger partial charge in [-0.25, -0.2) is 0 Å². The van der Waals surface area contributed by atoms with Crippen LogP contribution in [-0.2, 0) is 35.5 Å². The molecule has 2 saturated heterocycles. The van der Waals surface area contributed by atoms with Crippen LogP contribution in [0.1, 0.15) is 43.3 Å².